The molecule has 0 unspecified atom stereocenters. The van der Waals surface area contributed by atoms with E-state index in [-0.39, 0.29) is 10.9 Å². The van der Waals surface area contributed by atoms with Gasteiger partial charge < -0.3 is 11.1 Å². The van der Waals surface area contributed by atoms with Crippen LogP contribution >= 0.6 is 0 Å². The van der Waals surface area contributed by atoms with Crippen molar-refractivity contribution in [3.8, 4) is 0 Å². The second-order valence-electron chi connectivity index (χ2n) is 5.53. The molecular weight excluding hydrogens is 278 g/mol. The van der Waals surface area contributed by atoms with Crippen LogP contribution < -0.4 is 15.8 Å². The van der Waals surface area contributed by atoms with Crippen LogP contribution in [0.3, 0.4) is 0 Å². The molecule has 1 aliphatic carbocycles. The molecule has 6 nitrogen and oxygen atoms in total. The largest absolute Gasteiger partial charge is 0.372 e. The van der Waals surface area contributed by atoms with Crippen LogP contribution in [-0.4, -0.2) is 25.9 Å². The summed E-state index contributed by atoms with van der Waals surface area (Å²) in [6.07, 6.45) is 1.79. The molecule has 0 spiro atoms. The highest BCUT2D eigenvalue weighted by molar-refractivity contribution is 7.89. The molecule has 20 heavy (non-hydrogen) atoms. The summed E-state index contributed by atoms with van der Waals surface area (Å²) in [5, 5.41) is 2.96. The van der Waals surface area contributed by atoms with E-state index in [1.807, 2.05) is 0 Å². The molecule has 1 saturated carbocycles. The Morgan fingerprint density at radius 1 is 1.25 bits per heavy atom. The molecule has 1 fully saturated rings. The lowest BCUT2D eigenvalue weighted by Crippen LogP contribution is -2.45. The number of sulfonamides is 1. The quantitative estimate of drug-likeness (QED) is 0.723. The van der Waals surface area contributed by atoms with Gasteiger partial charge in [-0.15, -0.1) is 0 Å². The Kier molecular flexibility index (Phi) is 3.75. The minimum Gasteiger partial charge on any atom is -0.372 e. The maximum absolute atomic E-state index is 12.0. The van der Waals surface area contributed by atoms with E-state index < -0.39 is 21.5 Å². The van der Waals surface area contributed by atoms with Gasteiger partial charge in [-0.1, -0.05) is 0 Å². The highest BCUT2D eigenvalue weighted by atomic mass is 32.2. The first kappa shape index (κ1) is 14.8. The number of anilines is 1. The summed E-state index contributed by atoms with van der Waals surface area (Å²) in [6, 6.07) is 6.32. The molecule has 1 amide bonds. The average Bonchev–Trinajstić information content (AvgIpc) is 3.12. The predicted molar refractivity (Wildman–Crippen MR) is 76.7 cm³/mol. The van der Waals surface area contributed by atoms with Crippen molar-refractivity contribution in [3.63, 3.8) is 0 Å². The lowest BCUT2D eigenvalue weighted by molar-refractivity contribution is -0.121. The molecule has 1 aromatic carbocycles. The zero-order valence-electron chi connectivity index (χ0n) is 11.5. The van der Waals surface area contributed by atoms with E-state index in [9.17, 15) is 13.2 Å². The van der Waals surface area contributed by atoms with Gasteiger partial charge in [0.15, 0.2) is 0 Å². The fourth-order valence-electron chi connectivity index (χ4n) is 1.63. The van der Waals surface area contributed by atoms with Crippen molar-refractivity contribution in [2.45, 2.75) is 43.2 Å². The third-order valence-corrected chi connectivity index (χ3v) is 4.67. The third kappa shape index (κ3) is 3.49. The SMILES string of the molecule is CC(C)(Nc1ccc(S(=O)(=O)NC2CC2)cc1)C(N)=O. The van der Waals surface area contributed by atoms with Gasteiger partial charge in [0.2, 0.25) is 15.9 Å². The zero-order chi connectivity index (χ0) is 15.0. The van der Waals surface area contributed by atoms with Crippen molar-refractivity contribution < 1.29 is 13.2 Å². The topological polar surface area (TPSA) is 101 Å². The number of carbonyl (C=O) groups excluding carboxylic acids is 1. The fraction of sp³-hybridized carbons (Fsp3) is 0.462. The lowest BCUT2D eigenvalue weighted by Gasteiger charge is -2.23. The van der Waals surface area contributed by atoms with E-state index >= 15 is 0 Å². The Labute approximate surface area is 118 Å². The van der Waals surface area contributed by atoms with Gasteiger partial charge in [0.25, 0.3) is 0 Å². The van der Waals surface area contributed by atoms with E-state index in [4.69, 9.17) is 5.73 Å². The number of nitrogens with two attached hydrogens (primary N) is 1. The molecule has 0 bridgehead atoms. The van der Waals surface area contributed by atoms with Gasteiger partial charge in [0, 0.05) is 11.7 Å². The summed E-state index contributed by atoms with van der Waals surface area (Å²) in [7, 11) is -3.44. The van der Waals surface area contributed by atoms with E-state index in [1.165, 1.54) is 12.1 Å². The zero-order valence-corrected chi connectivity index (χ0v) is 12.3. The van der Waals surface area contributed by atoms with Gasteiger partial charge >= 0.3 is 0 Å². The van der Waals surface area contributed by atoms with Gasteiger partial charge in [-0.3, -0.25) is 4.79 Å². The molecule has 110 valence electrons. The second-order valence-corrected chi connectivity index (χ2v) is 7.25. The van der Waals surface area contributed by atoms with Crippen molar-refractivity contribution in [1.82, 2.24) is 4.72 Å². The first-order chi connectivity index (χ1) is 9.21. The minimum absolute atomic E-state index is 0.0756. The Balaban J connectivity index is 2.12. The average molecular weight is 297 g/mol. The molecule has 0 aromatic heterocycles. The second kappa shape index (κ2) is 5.06. The van der Waals surface area contributed by atoms with Crippen LogP contribution in [0.1, 0.15) is 26.7 Å². The summed E-state index contributed by atoms with van der Waals surface area (Å²) in [4.78, 5) is 11.4. The predicted octanol–water partition coefficient (Wildman–Crippen LogP) is 0.803. The number of carbonyl (C=O) groups is 1. The van der Waals surface area contributed by atoms with Crippen LogP contribution in [0.25, 0.3) is 0 Å². The smallest absolute Gasteiger partial charge is 0.242 e. The number of nitrogens with one attached hydrogen (secondary N) is 2. The van der Waals surface area contributed by atoms with Crippen molar-refractivity contribution in [1.29, 1.82) is 0 Å². The van der Waals surface area contributed by atoms with Crippen LogP contribution in [0.4, 0.5) is 5.69 Å². The molecule has 2 rings (SSSR count). The molecule has 0 aliphatic heterocycles. The Morgan fingerprint density at radius 2 is 1.80 bits per heavy atom. The van der Waals surface area contributed by atoms with Crippen LogP contribution in [0, 0.1) is 0 Å². The summed E-state index contributed by atoms with van der Waals surface area (Å²) in [5.74, 6) is -0.482. The van der Waals surface area contributed by atoms with Gasteiger partial charge in [0.05, 0.1) is 4.90 Å². The van der Waals surface area contributed by atoms with Crippen molar-refractivity contribution >= 4 is 21.6 Å². The maximum atomic E-state index is 12.0. The monoisotopic (exact) mass is 297 g/mol. The normalized spacial score (nSPS) is 15.9. The van der Waals surface area contributed by atoms with Crippen molar-refractivity contribution in [3.05, 3.63) is 24.3 Å². The summed E-state index contributed by atoms with van der Waals surface area (Å²) in [5.41, 5.74) is 5.01. The molecule has 1 aromatic rings. The number of benzene rings is 1. The number of primary amides is 1. The maximum Gasteiger partial charge on any atom is 0.242 e. The third-order valence-electron chi connectivity index (χ3n) is 3.14. The first-order valence-corrected chi connectivity index (χ1v) is 7.89. The van der Waals surface area contributed by atoms with E-state index in [1.54, 1.807) is 26.0 Å². The first-order valence-electron chi connectivity index (χ1n) is 6.41. The van der Waals surface area contributed by atoms with Crippen molar-refractivity contribution in [2.75, 3.05) is 5.32 Å². The number of rotatable bonds is 6. The molecule has 0 atom stereocenters. The Hall–Kier alpha value is -1.60. The van der Waals surface area contributed by atoms with Crippen molar-refractivity contribution in [2.24, 2.45) is 5.73 Å². The molecule has 7 heteroatoms. The summed E-state index contributed by atoms with van der Waals surface area (Å²) >= 11 is 0. The lowest BCUT2D eigenvalue weighted by atomic mass is 10.0. The highest BCUT2D eigenvalue weighted by Crippen LogP contribution is 2.23. The van der Waals surface area contributed by atoms with Crippen LogP contribution in [0.5, 0.6) is 0 Å². The van der Waals surface area contributed by atoms with Crippen LogP contribution in [0.15, 0.2) is 29.2 Å². The van der Waals surface area contributed by atoms with E-state index in [2.05, 4.69) is 10.0 Å². The fourth-order valence-corrected chi connectivity index (χ4v) is 2.93. The van der Waals surface area contributed by atoms with Crippen LogP contribution in [-0.2, 0) is 14.8 Å². The van der Waals surface area contributed by atoms with E-state index in [0.29, 0.717) is 5.69 Å². The minimum atomic E-state index is -3.44. The number of hydrogen-bond acceptors (Lipinski definition) is 4. The molecule has 1 aliphatic rings. The van der Waals surface area contributed by atoms with Gasteiger partial charge in [-0.05, 0) is 51.0 Å². The molecule has 0 heterocycles. The van der Waals surface area contributed by atoms with Gasteiger partial charge in [-0.2, -0.15) is 0 Å². The number of hydrogen-bond donors (Lipinski definition) is 3. The molecular formula is C13H19N3O3S. The van der Waals surface area contributed by atoms with E-state index in [0.717, 1.165) is 12.8 Å². The summed E-state index contributed by atoms with van der Waals surface area (Å²) in [6.45, 7) is 3.32. The number of amides is 1. The molecule has 0 saturated heterocycles. The Bertz CT molecular complexity index is 604. The Morgan fingerprint density at radius 3 is 2.25 bits per heavy atom. The van der Waals surface area contributed by atoms with Crippen LogP contribution in [0.2, 0.25) is 0 Å². The van der Waals surface area contributed by atoms with Gasteiger partial charge in [-0.25, -0.2) is 13.1 Å². The van der Waals surface area contributed by atoms with Gasteiger partial charge in [0.1, 0.15) is 5.54 Å². The molecule has 4 N–H and O–H groups in total. The highest BCUT2D eigenvalue weighted by Gasteiger charge is 2.28. The summed E-state index contributed by atoms with van der Waals surface area (Å²) < 4.78 is 26.6. The standard InChI is InChI=1S/C13H19N3O3S/c1-13(2,12(14)17)15-9-5-7-11(8-6-9)20(18,19)16-10-3-4-10/h5-8,10,15-16H,3-4H2,1-2H3,(H2,14,17). The molecule has 0 radical (unpaired) electrons.